The van der Waals surface area contributed by atoms with Gasteiger partial charge in [-0.3, -0.25) is 0 Å². The highest BCUT2D eigenvalue weighted by Gasteiger charge is 2.20. The molecule has 0 N–H and O–H groups in total. The van der Waals surface area contributed by atoms with Crippen LogP contribution in [0.4, 0.5) is 0 Å². The molecule has 0 aliphatic carbocycles. The number of rotatable bonds is 3. The lowest BCUT2D eigenvalue weighted by atomic mass is 9.83. The van der Waals surface area contributed by atoms with Crippen LogP contribution in [0.15, 0.2) is 194 Å². The molecule has 11 rings (SSSR count). The lowest BCUT2D eigenvalue weighted by Gasteiger charge is -2.20. The molecule has 0 spiro atoms. The van der Waals surface area contributed by atoms with Crippen LogP contribution < -0.4 is 0 Å². The second kappa shape index (κ2) is 11.4. The molecular formula is C52H32. The molecule has 0 unspecified atom stereocenters. The fourth-order valence-electron chi connectivity index (χ4n) is 8.93. The van der Waals surface area contributed by atoms with Crippen LogP contribution in [0.25, 0.3) is 109 Å². The van der Waals surface area contributed by atoms with Crippen molar-refractivity contribution in [2.24, 2.45) is 0 Å². The molecule has 0 heterocycles. The molecule has 11 aromatic rings. The summed E-state index contributed by atoms with van der Waals surface area (Å²) >= 11 is 0. The largest absolute Gasteiger partial charge is 0.0616 e. The predicted octanol–water partition coefficient (Wildman–Crippen LogP) is 14.8. The van der Waals surface area contributed by atoms with Crippen LogP contribution in [0.5, 0.6) is 0 Å². The quantitative estimate of drug-likeness (QED) is 0.131. The summed E-state index contributed by atoms with van der Waals surface area (Å²) in [5.41, 5.74) is 7.63. The van der Waals surface area contributed by atoms with Crippen LogP contribution in [-0.4, -0.2) is 0 Å². The fraction of sp³-hybridized carbons (Fsp3) is 0. The minimum Gasteiger partial charge on any atom is -0.0616 e. The van der Waals surface area contributed by atoms with Gasteiger partial charge in [-0.05, 0) is 127 Å². The average molecular weight is 657 g/mol. The molecule has 52 heavy (non-hydrogen) atoms. The Morgan fingerprint density at radius 3 is 1.31 bits per heavy atom. The Morgan fingerprint density at radius 2 is 0.635 bits per heavy atom. The lowest BCUT2D eigenvalue weighted by molar-refractivity contribution is 1.68. The van der Waals surface area contributed by atoms with E-state index in [0.717, 1.165) is 0 Å². The Balaban J connectivity index is 1.21. The van der Waals surface area contributed by atoms with E-state index in [1.54, 1.807) is 0 Å². The smallest absolute Gasteiger partial charge is 0.00199 e. The van der Waals surface area contributed by atoms with Gasteiger partial charge >= 0.3 is 0 Å². The second-order valence-corrected chi connectivity index (χ2v) is 14.0. The topological polar surface area (TPSA) is 0 Å². The van der Waals surface area contributed by atoms with E-state index in [9.17, 15) is 0 Å². The van der Waals surface area contributed by atoms with Gasteiger partial charge in [-0.1, -0.05) is 176 Å². The van der Waals surface area contributed by atoms with E-state index in [2.05, 4.69) is 194 Å². The van der Waals surface area contributed by atoms with Crippen molar-refractivity contribution in [3.63, 3.8) is 0 Å². The monoisotopic (exact) mass is 656 g/mol. The molecule has 0 fully saturated rings. The molecule has 0 amide bonds. The Bertz CT molecular complexity index is 3170. The van der Waals surface area contributed by atoms with Crippen molar-refractivity contribution in [3.05, 3.63) is 194 Å². The zero-order valence-electron chi connectivity index (χ0n) is 28.5. The molecule has 0 saturated heterocycles. The van der Waals surface area contributed by atoms with E-state index in [4.69, 9.17) is 0 Å². The minimum absolute atomic E-state index is 1.23. The van der Waals surface area contributed by atoms with Crippen LogP contribution in [0, 0.1) is 0 Å². The van der Waals surface area contributed by atoms with Crippen molar-refractivity contribution < 1.29 is 0 Å². The standard InChI is InChI=1S/C52H32/c1-3-17-37-33(14-1)16-13-27-40(37)49-30-35-28-29-36(32-48(35)41-20-6-7-21-42(41)49)51-44-23-9-11-25-46(44)52(47-26-12-10-24-45(47)51)50-31-34-15-2-4-18-38(34)39-19-5-8-22-43(39)50/h1-32H. The summed E-state index contributed by atoms with van der Waals surface area (Å²) in [4.78, 5) is 0. The highest BCUT2D eigenvalue weighted by molar-refractivity contribution is 6.26. The van der Waals surface area contributed by atoms with Gasteiger partial charge in [0.2, 0.25) is 0 Å². The number of hydrogen-bond acceptors (Lipinski definition) is 0. The Labute approximate surface area is 301 Å². The minimum atomic E-state index is 1.23. The van der Waals surface area contributed by atoms with Gasteiger partial charge in [-0.2, -0.15) is 0 Å². The van der Waals surface area contributed by atoms with E-state index in [-0.39, 0.29) is 0 Å². The molecule has 240 valence electrons. The predicted molar refractivity (Wildman–Crippen MR) is 225 cm³/mol. The molecule has 11 aromatic carbocycles. The van der Waals surface area contributed by atoms with Gasteiger partial charge in [0.15, 0.2) is 0 Å². The van der Waals surface area contributed by atoms with Gasteiger partial charge in [0.25, 0.3) is 0 Å². The zero-order valence-corrected chi connectivity index (χ0v) is 28.5. The third kappa shape index (κ3) is 4.28. The van der Waals surface area contributed by atoms with E-state index < -0.39 is 0 Å². The van der Waals surface area contributed by atoms with Crippen molar-refractivity contribution in [3.8, 4) is 33.4 Å². The van der Waals surface area contributed by atoms with Gasteiger partial charge in [0.05, 0.1) is 0 Å². The molecule has 0 saturated carbocycles. The highest BCUT2D eigenvalue weighted by Crippen LogP contribution is 2.47. The van der Waals surface area contributed by atoms with E-state index in [1.807, 2.05) is 0 Å². The summed E-state index contributed by atoms with van der Waals surface area (Å²) in [5, 5.41) is 17.8. The van der Waals surface area contributed by atoms with Crippen LogP contribution >= 0.6 is 0 Å². The molecule has 0 bridgehead atoms. The van der Waals surface area contributed by atoms with Gasteiger partial charge in [-0.15, -0.1) is 0 Å². The van der Waals surface area contributed by atoms with Crippen LogP contribution in [0.3, 0.4) is 0 Å². The van der Waals surface area contributed by atoms with Gasteiger partial charge < -0.3 is 0 Å². The molecule has 0 aliphatic heterocycles. The molecule has 0 atom stereocenters. The van der Waals surface area contributed by atoms with Gasteiger partial charge in [0, 0.05) is 0 Å². The summed E-state index contributed by atoms with van der Waals surface area (Å²) < 4.78 is 0. The summed E-state index contributed by atoms with van der Waals surface area (Å²) in [6.45, 7) is 0. The first-order valence-corrected chi connectivity index (χ1v) is 18.1. The number of benzene rings is 11. The van der Waals surface area contributed by atoms with Crippen LogP contribution in [0.1, 0.15) is 0 Å². The fourth-order valence-corrected chi connectivity index (χ4v) is 8.93. The van der Waals surface area contributed by atoms with Crippen LogP contribution in [0.2, 0.25) is 0 Å². The molecule has 0 nitrogen and oxygen atoms in total. The average Bonchev–Trinajstić information content (AvgIpc) is 3.22. The number of fused-ring (bicyclic) bond motifs is 9. The Morgan fingerprint density at radius 1 is 0.192 bits per heavy atom. The number of hydrogen-bond donors (Lipinski definition) is 0. The van der Waals surface area contributed by atoms with Crippen molar-refractivity contribution in [2.75, 3.05) is 0 Å². The van der Waals surface area contributed by atoms with Gasteiger partial charge in [-0.25, -0.2) is 0 Å². The molecule has 0 heteroatoms. The second-order valence-electron chi connectivity index (χ2n) is 14.0. The van der Waals surface area contributed by atoms with Gasteiger partial charge in [0.1, 0.15) is 0 Å². The SMILES string of the molecule is c1ccc2c(-c3cc4ccc(-c5c6ccccc6c(-c6cc7ccccc7c7ccccc67)c6ccccc56)cc4c4ccccc34)cccc2c1. The first-order valence-electron chi connectivity index (χ1n) is 18.1. The third-order valence-electron chi connectivity index (χ3n) is 11.2. The van der Waals surface area contributed by atoms with E-state index >= 15 is 0 Å². The van der Waals surface area contributed by atoms with Crippen molar-refractivity contribution in [2.45, 2.75) is 0 Å². The maximum Gasteiger partial charge on any atom is -0.00199 e. The van der Waals surface area contributed by atoms with E-state index in [1.165, 1.54) is 109 Å². The third-order valence-corrected chi connectivity index (χ3v) is 11.2. The summed E-state index contributed by atoms with van der Waals surface area (Å²) in [6, 6.07) is 71.9. The first kappa shape index (κ1) is 29.0. The molecule has 0 radical (unpaired) electrons. The molecule has 0 aromatic heterocycles. The Hall–Kier alpha value is -6.76. The van der Waals surface area contributed by atoms with Crippen molar-refractivity contribution in [1.82, 2.24) is 0 Å². The molecule has 0 aliphatic rings. The summed E-state index contributed by atoms with van der Waals surface area (Å²) in [7, 11) is 0. The maximum absolute atomic E-state index is 2.43. The van der Waals surface area contributed by atoms with E-state index in [0.29, 0.717) is 0 Å². The lowest BCUT2D eigenvalue weighted by Crippen LogP contribution is -1.92. The zero-order chi connectivity index (χ0) is 34.2. The summed E-state index contributed by atoms with van der Waals surface area (Å²) in [5.74, 6) is 0. The summed E-state index contributed by atoms with van der Waals surface area (Å²) in [6.07, 6.45) is 0. The highest BCUT2D eigenvalue weighted by atomic mass is 14.2. The molecular weight excluding hydrogens is 625 g/mol. The van der Waals surface area contributed by atoms with Crippen molar-refractivity contribution >= 4 is 75.4 Å². The first-order chi connectivity index (χ1) is 25.8. The van der Waals surface area contributed by atoms with Crippen molar-refractivity contribution in [1.29, 1.82) is 0 Å². The normalized spacial score (nSPS) is 11.8. The van der Waals surface area contributed by atoms with Crippen LogP contribution in [-0.2, 0) is 0 Å². The maximum atomic E-state index is 2.43. The Kier molecular flexibility index (Phi) is 6.35.